The number of hydrogen-bond acceptors (Lipinski definition) is 6. The molecule has 0 saturated carbocycles. The highest BCUT2D eigenvalue weighted by atomic mass is 16.2. The summed E-state index contributed by atoms with van der Waals surface area (Å²) in [6.45, 7) is 7.87. The van der Waals surface area contributed by atoms with Gasteiger partial charge in [0.15, 0.2) is 0 Å². The normalized spacial score (nSPS) is 15.9. The fourth-order valence-electron chi connectivity index (χ4n) is 4.68. The van der Waals surface area contributed by atoms with Crippen molar-refractivity contribution in [2.24, 2.45) is 0 Å². The SMILES string of the molecule is C=CC(=O)N[C@@H]1CCCN(Cc2ccnc(C(=O)Nc3ccc(-c4cc5c(C)ncnc5[nH]4)cc3)c2)C1. The fourth-order valence-corrected chi connectivity index (χ4v) is 4.68. The van der Waals surface area contributed by atoms with Crippen LogP contribution in [0, 0.1) is 6.92 Å². The Hall–Kier alpha value is -4.37. The van der Waals surface area contributed by atoms with E-state index in [4.69, 9.17) is 0 Å². The number of carbonyl (C=O) groups is 2. The van der Waals surface area contributed by atoms with E-state index in [1.807, 2.05) is 49.4 Å². The van der Waals surface area contributed by atoms with Gasteiger partial charge in [0.05, 0.1) is 5.69 Å². The number of H-pyrrole nitrogens is 1. The molecular weight excluding hydrogens is 466 g/mol. The molecule has 0 unspecified atom stereocenters. The molecule has 2 amide bonds. The molecule has 0 aliphatic carbocycles. The second-order valence-electron chi connectivity index (χ2n) is 9.27. The number of benzene rings is 1. The summed E-state index contributed by atoms with van der Waals surface area (Å²) in [7, 11) is 0. The summed E-state index contributed by atoms with van der Waals surface area (Å²) in [6, 6.07) is 13.5. The van der Waals surface area contributed by atoms with Crippen LogP contribution in [0.5, 0.6) is 0 Å². The van der Waals surface area contributed by atoms with Gasteiger partial charge in [0.2, 0.25) is 5.91 Å². The molecule has 4 aromatic rings. The standard InChI is InChI=1S/C28H29N7O2/c1-3-26(36)32-22-5-4-12-35(16-22)15-19-10-11-29-25(13-19)28(37)33-21-8-6-20(7-9-21)24-14-23-18(2)30-17-31-27(23)34-24/h3,6-11,13-14,17,22H,1,4-5,12,15-16H2,2H3,(H,32,36)(H,33,37)(H,30,31,34)/t22-/m1/s1. The lowest BCUT2D eigenvalue weighted by atomic mass is 10.0. The molecule has 1 atom stereocenters. The van der Waals surface area contributed by atoms with Crippen molar-refractivity contribution in [3.63, 3.8) is 0 Å². The minimum Gasteiger partial charge on any atom is -0.349 e. The van der Waals surface area contributed by atoms with Gasteiger partial charge in [-0.15, -0.1) is 0 Å². The highest BCUT2D eigenvalue weighted by Crippen LogP contribution is 2.25. The van der Waals surface area contributed by atoms with E-state index in [1.165, 1.54) is 6.08 Å². The summed E-state index contributed by atoms with van der Waals surface area (Å²) in [5.74, 6) is -0.408. The Labute approximate surface area is 215 Å². The molecule has 1 aliphatic heterocycles. The van der Waals surface area contributed by atoms with Gasteiger partial charge in [-0.2, -0.15) is 0 Å². The molecule has 0 spiro atoms. The van der Waals surface area contributed by atoms with Crippen molar-refractivity contribution >= 4 is 28.5 Å². The molecular formula is C28H29N7O2. The average molecular weight is 496 g/mol. The first-order valence-corrected chi connectivity index (χ1v) is 12.3. The number of carbonyl (C=O) groups excluding carboxylic acids is 2. The topological polar surface area (TPSA) is 116 Å². The van der Waals surface area contributed by atoms with Crippen LogP contribution in [-0.4, -0.2) is 55.8 Å². The smallest absolute Gasteiger partial charge is 0.274 e. The van der Waals surface area contributed by atoms with Crippen molar-refractivity contribution < 1.29 is 9.59 Å². The lowest BCUT2D eigenvalue weighted by Crippen LogP contribution is -2.46. The molecule has 1 aromatic carbocycles. The second-order valence-corrected chi connectivity index (χ2v) is 9.27. The number of amides is 2. The zero-order valence-corrected chi connectivity index (χ0v) is 20.7. The molecule has 3 aromatic heterocycles. The lowest BCUT2D eigenvalue weighted by Gasteiger charge is -2.33. The van der Waals surface area contributed by atoms with Crippen LogP contribution < -0.4 is 10.6 Å². The number of aromatic amines is 1. The Morgan fingerprint density at radius 1 is 1.16 bits per heavy atom. The lowest BCUT2D eigenvalue weighted by molar-refractivity contribution is -0.117. The number of nitrogens with zero attached hydrogens (tertiary/aromatic N) is 4. The van der Waals surface area contributed by atoms with Crippen LogP contribution in [0.1, 0.15) is 34.6 Å². The predicted octanol–water partition coefficient (Wildman–Crippen LogP) is 3.85. The molecule has 0 radical (unpaired) electrons. The summed E-state index contributed by atoms with van der Waals surface area (Å²) in [4.78, 5) is 43.0. The first-order chi connectivity index (χ1) is 18.0. The monoisotopic (exact) mass is 495 g/mol. The maximum atomic E-state index is 12.9. The molecule has 1 fully saturated rings. The highest BCUT2D eigenvalue weighted by molar-refractivity contribution is 6.03. The molecule has 188 valence electrons. The van der Waals surface area contributed by atoms with Crippen molar-refractivity contribution in [2.45, 2.75) is 32.4 Å². The summed E-state index contributed by atoms with van der Waals surface area (Å²) < 4.78 is 0. The maximum Gasteiger partial charge on any atom is 0.274 e. The number of aromatic nitrogens is 4. The van der Waals surface area contributed by atoms with Crippen LogP contribution in [0.2, 0.25) is 0 Å². The number of rotatable bonds is 7. The third kappa shape index (κ3) is 5.73. The molecule has 37 heavy (non-hydrogen) atoms. The minimum atomic E-state index is -0.263. The largest absolute Gasteiger partial charge is 0.349 e. The quantitative estimate of drug-likeness (QED) is 0.336. The Bertz CT molecular complexity index is 1440. The van der Waals surface area contributed by atoms with Crippen molar-refractivity contribution in [2.75, 3.05) is 18.4 Å². The number of piperidine rings is 1. The number of likely N-dealkylation sites (tertiary alicyclic amines) is 1. The third-order valence-electron chi connectivity index (χ3n) is 6.58. The van der Waals surface area contributed by atoms with Crippen molar-refractivity contribution in [1.82, 2.24) is 30.2 Å². The third-order valence-corrected chi connectivity index (χ3v) is 6.58. The summed E-state index contributed by atoms with van der Waals surface area (Å²) >= 11 is 0. The number of aryl methyl sites for hydroxylation is 1. The van der Waals surface area contributed by atoms with E-state index < -0.39 is 0 Å². The summed E-state index contributed by atoms with van der Waals surface area (Å²) in [5.41, 5.74) is 5.70. The molecule has 3 N–H and O–H groups in total. The number of hydrogen-bond donors (Lipinski definition) is 3. The van der Waals surface area contributed by atoms with E-state index in [0.29, 0.717) is 17.9 Å². The number of fused-ring (bicyclic) bond motifs is 1. The zero-order valence-electron chi connectivity index (χ0n) is 20.7. The van der Waals surface area contributed by atoms with Crippen LogP contribution >= 0.6 is 0 Å². The van der Waals surface area contributed by atoms with E-state index in [1.54, 1.807) is 12.5 Å². The van der Waals surface area contributed by atoms with Gasteiger partial charge in [-0.25, -0.2) is 9.97 Å². The van der Waals surface area contributed by atoms with Crippen molar-refractivity contribution in [1.29, 1.82) is 0 Å². The van der Waals surface area contributed by atoms with E-state index in [-0.39, 0.29) is 17.9 Å². The van der Waals surface area contributed by atoms with Gasteiger partial charge >= 0.3 is 0 Å². The summed E-state index contributed by atoms with van der Waals surface area (Å²) in [6.07, 6.45) is 6.47. The van der Waals surface area contributed by atoms with E-state index in [9.17, 15) is 9.59 Å². The molecule has 1 aliphatic rings. The molecule has 5 rings (SSSR count). The first kappa shape index (κ1) is 24.3. The maximum absolute atomic E-state index is 12.9. The molecule has 9 nitrogen and oxygen atoms in total. The number of nitrogens with one attached hydrogen (secondary N) is 3. The van der Waals surface area contributed by atoms with Crippen LogP contribution in [0.3, 0.4) is 0 Å². The van der Waals surface area contributed by atoms with Gasteiger partial charge in [-0.1, -0.05) is 18.7 Å². The fraction of sp³-hybridized carbons (Fsp3) is 0.250. The molecule has 4 heterocycles. The van der Waals surface area contributed by atoms with Crippen LogP contribution in [0.4, 0.5) is 5.69 Å². The zero-order chi connectivity index (χ0) is 25.8. The Kier molecular flexibility index (Phi) is 7.04. The van der Waals surface area contributed by atoms with Gasteiger partial charge in [0.1, 0.15) is 17.7 Å². The van der Waals surface area contributed by atoms with E-state index in [2.05, 4.69) is 42.0 Å². The van der Waals surface area contributed by atoms with Crippen LogP contribution in [-0.2, 0) is 11.3 Å². The summed E-state index contributed by atoms with van der Waals surface area (Å²) in [5, 5.41) is 6.90. The molecule has 1 saturated heterocycles. The van der Waals surface area contributed by atoms with Gasteiger partial charge in [-0.05, 0) is 73.8 Å². The van der Waals surface area contributed by atoms with Gasteiger partial charge < -0.3 is 15.6 Å². The minimum absolute atomic E-state index is 0.105. The average Bonchev–Trinajstić information content (AvgIpc) is 3.35. The Morgan fingerprint density at radius 2 is 2.00 bits per heavy atom. The van der Waals surface area contributed by atoms with Crippen molar-refractivity contribution in [3.05, 3.63) is 84.6 Å². The van der Waals surface area contributed by atoms with Crippen LogP contribution in [0.15, 0.2) is 67.6 Å². The van der Waals surface area contributed by atoms with Crippen molar-refractivity contribution in [3.8, 4) is 11.3 Å². The van der Waals surface area contributed by atoms with E-state index in [0.717, 1.165) is 59.5 Å². The van der Waals surface area contributed by atoms with Crippen LogP contribution in [0.25, 0.3) is 22.3 Å². The predicted molar refractivity (Wildman–Crippen MR) is 143 cm³/mol. The van der Waals surface area contributed by atoms with Gasteiger partial charge in [0.25, 0.3) is 5.91 Å². The second kappa shape index (κ2) is 10.7. The first-order valence-electron chi connectivity index (χ1n) is 12.3. The number of pyridine rings is 1. The highest BCUT2D eigenvalue weighted by Gasteiger charge is 2.21. The number of anilines is 1. The molecule has 9 heteroatoms. The molecule has 0 bridgehead atoms. The Morgan fingerprint density at radius 3 is 2.78 bits per heavy atom. The van der Waals surface area contributed by atoms with Gasteiger partial charge in [0, 0.05) is 42.1 Å². The van der Waals surface area contributed by atoms with Gasteiger partial charge in [-0.3, -0.25) is 19.5 Å². The van der Waals surface area contributed by atoms with E-state index >= 15 is 0 Å². The Balaban J connectivity index is 1.22.